The largest absolute Gasteiger partial charge is 0.453 e. The van der Waals surface area contributed by atoms with Crippen LogP contribution in [0.1, 0.15) is 50.1 Å². The number of ether oxygens (including phenoxy) is 1. The first-order chi connectivity index (χ1) is 16.0. The van der Waals surface area contributed by atoms with E-state index in [1.807, 2.05) is 18.2 Å². The molecule has 1 fully saturated rings. The summed E-state index contributed by atoms with van der Waals surface area (Å²) in [5.41, 5.74) is 1.68. The fraction of sp³-hybridized carbons (Fsp3) is 0.400. The van der Waals surface area contributed by atoms with Crippen LogP contribution in [0.2, 0.25) is 0 Å². The molecule has 0 saturated heterocycles. The monoisotopic (exact) mass is 455 g/mol. The van der Waals surface area contributed by atoms with Crippen molar-refractivity contribution in [2.24, 2.45) is 0 Å². The third-order valence-electron chi connectivity index (χ3n) is 5.80. The highest BCUT2D eigenvalue weighted by Crippen LogP contribution is 2.33. The van der Waals surface area contributed by atoms with E-state index in [2.05, 4.69) is 15.4 Å². The number of aldehydes is 1. The number of nitrogens with zero attached hydrogens (tertiary/aromatic N) is 1. The van der Waals surface area contributed by atoms with Gasteiger partial charge in [0.1, 0.15) is 18.1 Å². The predicted octanol–water partition coefficient (Wildman–Crippen LogP) is 4.59. The van der Waals surface area contributed by atoms with E-state index < -0.39 is 23.9 Å². The van der Waals surface area contributed by atoms with Gasteiger partial charge in [-0.15, -0.1) is 0 Å². The molecule has 1 aliphatic carbocycles. The van der Waals surface area contributed by atoms with Gasteiger partial charge in [0.2, 0.25) is 5.91 Å². The van der Waals surface area contributed by atoms with Crippen molar-refractivity contribution in [2.45, 2.75) is 50.6 Å². The molecule has 0 heterocycles. The van der Waals surface area contributed by atoms with Gasteiger partial charge < -0.3 is 20.2 Å². The Balaban J connectivity index is 1.92. The number of rotatable bonds is 9. The standard InChI is InChI=1S/C25H30FN3O4/c1-33-25(32)27-15-14-24(31)29(20-11-7-8-18(26)16-20)23(17-30)21-12-5-6-13-22(21)28-19-9-3-2-4-10-19/h5-8,11-13,16-17,19,23,28H,2-4,9-10,14-15H2,1H3,(H,27,32). The first-order valence-corrected chi connectivity index (χ1v) is 11.2. The Morgan fingerprint density at radius 2 is 1.91 bits per heavy atom. The van der Waals surface area contributed by atoms with Gasteiger partial charge in [-0.1, -0.05) is 43.5 Å². The molecule has 0 bridgehead atoms. The number of anilines is 2. The topological polar surface area (TPSA) is 87.7 Å². The van der Waals surface area contributed by atoms with Gasteiger partial charge in [-0.05, 0) is 37.1 Å². The molecule has 1 aliphatic rings. The molecular weight excluding hydrogens is 425 g/mol. The predicted molar refractivity (Wildman–Crippen MR) is 125 cm³/mol. The van der Waals surface area contributed by atoms with E-state index in [1.54, 1.807) is 12.1 Å². The summed E-state index contributed by atoms with van der Waals surface area (Å²) in [7, 11) is 1.23. The zero-order valence-corrected chi connectivity index (χ0v) is 18.8. The molecule has 33 heavy (non-hydrogen) atoms. The van der Waals surface area contributed by atoms with Crippen molar-refractivity contribution in [3.63, 3.8) is 0 Å². The summed E-state index contributed by atoms with van der Waals surface area (Å²) in [5.74, 6) is -0.946. The molecular formula is C25H30FN3O4. The van der Waals surface area contributed by atoms with E-state index in [0.717, 1.165) is 31.4 Å². The highest BCUT2D eigenvalue weighted by molar-refractivity contribution is 5.98. The SMILES string of the molecule is COC(=O)NCCC(=O)N(c1cccc(F)c1)C(C=O)c1ccccc1NC1CCCCC1. The summed E-state index contributed by atoms with van der Waals surface area (Å²) < 4.78 is 18.6. The van der Waals surface area contributed by atoms with Gasteiger partial charge in [0.15, 0.2) is 0 Å². The van der Waals surface area contributed by atoms with Crippen LogP contribution in [0.5, 0.6) is 0 Å². The van der Waals surface area contributed by atoms with E-state index in [0.29, 0.717) is 17.9 Å². The van der Waals surface area contributed by atoms with Crippen LogP contribution >= 0.6 is 0 Å². The van der Waals surface area contributed by atoms with Crippen LogP contribution in [0.4, 0.5) is 20.6 Å². The third kappa shape index (κ3) is 6.54. The lowest BCUT2D eigenvalue weighted by molar-refractivity contribution is -0.121. The van der Waals surface area contributed by atoms with Crippen molar-refractivity contribution < 1.29 is 23.5 Å². The van der Waals surface area contributed by atoms with E-state index in [9.17, 15) is 18.8 Å². The second-order valence-electron chi connectivity index (χ2n) is 8.06. The molecule has 3 rings (SSSR count). The van der Waals surface area contributed by atoms with Crippen LogP contribution in [-0.2, 0) is 14.3 Å². The molecule has 8 heteroatoms. The molecule has 0 aromatic heterocycles. The number of amides is 2. The molecule has 7 nitrogen and oxygen atoms in total. The molecule has 0 spiro atoms. The smallest absolute Gasteiger partial charge is 0.406 e. The van der Waals surface area contributed by atoms with Crippen molar-refractivity contribution in [3.8, 4) is 0 Å². The second-order valence-corrected chi connectivity index (χ2v) is 8.06. The number of benzene rings is 2. The Kier molecular flexibility index (Phi) is 8.80. The minimum absolute atomic E-state index is 0.0187. The summed E-state index contributed by atoms with van der Waals surface area (Å²) in [6, 6.07) is 12.3. The Labute approximate surface area is 193 Å². The molecule has 1 atom stereocenters. The Hall–Kier alpha value is -3.42. The molecule has 176 valence electrons. The summed E-state index contributed by atoms with van der Waals surface area (Å²) in [5, 5.41) is 6.00. The quantitative estimate of drug-likeness (QED) is 0.540. The van der Waals surface area contributed by atoms with E-state index >= 15 is 0 Å². The maximum Gasteiger partial charge on any atom is 0.406 e. The average Bonchev–Trinajstić information content (AvgIpc) is 2.83. The van der Waals surface area contributed by atoms with Gasteiger partial charge in [-0.25, -0.2) is 9.18 Å². The lowest BCUT2D eigenvalue weighted by atomic mass is 9.94. The van der Waals surface area contributed by atoms with E-state index in [-0.39, 0.29) is 18.7 Å². The van der Waals surface area contributed by atoms with Gasteiger partial charge in [0.05, 0.1) is 7.11 Å². The highest BCUT2D eigenvalue weighted by atomic mass is 19.1. The van der Waals surface area contributed by atoms with Crippen LogP contribution in [0.15, 0.2) is 48.5 Å². The van der Waals surface area contributed by atoms with Crippen molar-refractivity contribution in [1.29, 1.82) is 0 Å². The number of hydrogen-bond donors (Lipinski definition) is 2. The van der Waals surface area contributed by atoms with Gasteiger partial charge in [0, 0.05) is 35.9 Å². The summed E-state index contributed by atoms with van der Waals surface area (Å²) in [4.78, 5) is 38.2. The van der Waals surface area contributed by atoms with Crippen LogP contribution in [0.25, 0.3) is 0 Å². The average molecular weight is 456 g/mol. The summed E-state index contributed by atoms with van der Waals surface area (Å²) in [6.45, 7) is 0.0187. The molecule has 1 unspecified atom stereocenters. The third-order valence-corrected chi connectivity index (χ3v) is 5.80. The molecule has 0 radical (unpaired) electrons. The number of para-hydroxylation sites is 1. The number of carbonyl (C=O) groups is 3. The summed E-state index contributed by atoms with van der Waals surface area (Å²) in [6.07, 6.45) is 5.56. The van der Waals surface area contributed by atoms with Crippen LogP contribution in [0, 0.1) is 5.82 Å². The molecule has 2 aromatic carbocycles. The van der Waals surface area contributed by atoms with Crippen LogP contribution in [0.3, 0.4) is 0 Å². The fourth-order valence-corrected chi connectivity index (χ4v) is 4.18. The molecule has 2 N–H and O–H groups in total. The Bertz CT molecular complexity index is 962. The van der Waals surface area contributed by atoms with Crippen LogP contribution < -0.4 is 15.5 Å². The number of halogens is 1. The number of alkyl carbamates (subject to hydrolysis) is 1. The van der Waals surface area contributed by atoms with Crippen molar-refractivity contribution in [2.75, 3.05) is 23.9 Å². The molecule has 1 saturated carbocycles. The second kappa shape index (κ2) is 12.0. The Morgan fingerprint density at radius 1 is 1.15 bits per heavy atom. The number of methoxy groups -OCH3 is 1. The fourth-order valence-electron chi connectivity index (χ4n) is 4.18. The van der Waals surface area contributed by atoms with E-state index in [1.165, 1.54) is 36.6 Å². The molecule has 2 amide bonds. The van der Waals surface area contributed by atoms with Gasteiger partial charge in [-0.2, -0.15) is 0 Å². The summed E-state index contributed by atoms with van der Waals surface area (Å²) >= 11 is 0. The minimum Gasteiger partial charge on any atom is -0.453 e. The van der Waals surface area contributed by atoms with E-state index in [4.69, 9.17) is 0 Å². The maximum atomic E-state index is 14.0. The molecule has 2 aromatic rings. The number of hydrogen-bond acceptors (Lipinski definition) is 5. The van der Waals surface area contributed by atoms with Crippen molar-refractivity contribution in [3.05, 3.63) is 59.9 Å². The van der Waals surface area contributed by atoms with Crippen molar-refractivity contribution in [1.82, 2.24) is 5.32 Å². The van der Waals surface area contributed by atoms with Crippen LogP contribution in [-0.4, -0.2) is 38.0 Å². The Morgan fingerprint density at radius 3 is 2.61 bits per heavy atom. The van der Waals surface area contributed by atoms with Gasteiger partial charge in [-0.3, -0.25) is 9.69 Å². The zero-order valence-electron chi connectivity index (χ0n) is 18.8. The highest BCUT2D eigenvalue weighted by Gasteiger charge is 2.29. The van der Waals surface area contributed by atoms with Crippen molar-refractivity contribution >= 4 is 29.7 Å². The lowest BCUT2D eigenvalue weighted by Gasteiger charge is -2.32. The minimum atomic E-state index is -0.968. The first-order valence-electron chi connectivity index (χ1n) is 11.2. The lowest BCUT2D eigenvalue weighted by Crippen LogP contribution is -2.38. The number of nitrogens with one attached hydrogen (secondary N) is 2. The molecule has 0 aliphatic heterocycles. The zero-order chi connectivity index (χ0) is 23.6. The normalized spacial score (nSPS) is 14.7. The number of carbonyl (C=O) groups excluding carboxylic acids is 3. The maximum absolute atomic E-state index is 14.0. The van der Waals surface area contributed by atoms with Gasteiger partial charge >= 0.3 is 6.09 Å². The first kappa shape index (κ1) is 24.2. The van der Waals surface area contributed by atoms with Gasteiger partial charge in [0.25, 0.3) is 0 Å².